The molecule has 8 nitrogen and oxygen atoms in total. The zero-order valence-electron chi connectivity index (χ0n) is 13.4. The van der Waals surface area contributed by atoms with E-state index < -0.39 is 0 Å². The van der Waals surface area contributed by atoms with Crippen LogP contribution in [-0.4, -0.2) is 60.2 Å². The molecule has 2 aromatic heterocycles. The van der Waals surface area contributed by atoms with E-state index in [1.54, 1.807) is 12.5 Å². The molecule has 0 aliphatic carbocycles. The predicted octanol–water partition coefficient (Wildman–Crippen LogP) is 0.744. The lowest BCUT2D eigenvalue weighted by Gasteiger charge is -2.26. The van der Waals surface area contributed by atoms with Gasteiger partial charge < -0.3 is 19.8 Å². The van der Waals surface area contributed by atoms with E-state index in [-0.39, 0.29) is 5.91 Å². The minimum atomic E-state index is -0.214. The summed E-state index contributed by atoms with van der Waals surface area (Å²) in [6.45, 7) is 5.24. The minimum absolute atomic E-state index is 0.214. The molecule has 0 spiro atoms. The van der Waals surface area contributed by atoms with E-state index in [1.807, 2.05) is 12.1 Å². The fourth-order valence-electron chi connectivity index (χ4n) is 2.37. The lowest BCUT2D eigenvalue weighted by atomic mass is 10.4. The van der Waals surface area contributed by atoms with Crippen molar-refractivity contribution in [2.45, 2.75) is 6.54 Å². The fourth-order valence-corrected chi connectivity index (χ4v) is 2.37. The average Bonchev–Trinajstić information content (AvgIpc) is 3.15. The number of aromatic nitrogens is 2. The maximum absolute atomic E-state index is 12.1. The molecule has 8 heteroatoms. The number of hydrogen-bond donors (Lipinski definition) is 2. The van der Waals surface area contributed by atoms with E-state index in [2.05, 4.69) is 25.5 Å². The number of amides is 1. The first-order valence-electron chi connectivity index (χ1n) is 7.98. The average molecular weight is 331 g/mol. The summed E-state index contributed by atoms with van der Waals surface area (Å²) in [6, 6.07) is 3.70. The van der Waals surface area contributed by atoms with Gasteiger partial charge in [0.25, 0.3) is 5.91 Å². The summed E-state index contributed by atoms with van der Waals surface area (Å²) in [4.78, 5) is 22.6. The smallest absolute Gasteiger partial charge is 0.271 e. The lowest BCUT2D eigenvalue weighted by Crippen LogP contribution is -2.41. The van der Waals surface area contributed by atoms with Crippen LogP contribution in [0.3, 0.4) is 0 Å². The summed E-state index contributed by atoms with van der Waals surface area (Å²) in [5, 5.41) is 5.94. The molecule has 2 aromatic rings. The Kier molecular flexibility index (Phi) is 5.75. The Hall–Kier alpha value is -2.45. The van der Waals surface area contributed by atoms with Crippen LogP contribution in [0.5, 0.6) is 0 Å². The third-order valence-electron chi connectivity index (χ3n) is 3.73. The first-order valence-corrected chi connectivity index (χ1v) is 7.98. The van der Waals surface area contributed by atoms with Gasteiger partial charge in [0.05, 0.1) is 38.4 Å². The van der Waals surface area contributed by atoms with Gasteiger partial charge in [0, 0.05) is 26.2 Å². The Labute approximate surface area is 140 Å². The van der Waals surface area contributed by atoms with Crippen molar-refractivity contribution < 1.29 is 13.9 Å². The van der Waals surface area contributed by atoms with Crippen LogP contribution in [0.1, 0.15) is 16.2 Å². The van der Waals surface area contributed by atoms with Gasteiger partial charge in [0.2, 0.25) is 0 Å². The molecular formula is C16H21N5O3. The van der Waals surface area contributed by atoms with Crippen LogP contribution in [0, 0.1) is 0 Å². The lowest BCUT2D eigenvalue weighted by molar-refractivity contribution is 0.0383. The number of ether oxygens (including phenoxy) is 1. The topological polar surface area (TPSA) is 92.5 Å². The van der Waals surface area contributed by atoms with Crippen molar-refractivity contribution in [3.63, 3.8) is 0 Å². The number of morpholine rings is 1. The van der Waals surface area contributed by atoms with Gasteiger partial charge in [-0.25, -0.2) is 9.97 Å². The molecule has 0 unspecified atom stereocenters. The van der Waals surface area contributed by atoms with Crippen molar-refractivity contribution in [1.82, 2.24) is 20.2 Å². The number of nitrogens with zero attached hydrogens (tertiary/aromatic N) is 3. The first-order chi connectivity index (χ1) is 11.8. The molecule has 1 amide bonds. The highest BCUT2D eigenvalue weighted by Crippen LogP contribution is 2.06. The van der Waals surface area contributed by atoms with Gasteiger partial charge in [-0.3, -0.25) is 9.69 Å². The quantitative estimate of drug-likeness (QED) is 0.773. The van der Waals surface area contributed by atoms with Gasteiger partial charge in [0.1, 0.15) is 17.3 Å². The highest BCUT2D eigenvalue weighted by atomic mass is 16.5. The SMILES string of the molecule is O=C(NCCN1CCOCC1)c1cnc(NCc2ccco2)cn1. The van der Waals surface area contributed by atoms with Crippen molar-refractivity contribution in [1.29, 1.82) is 0 Å². The Morgan fingerprint density at radius 3 is 2.83 bits per heavy atom. The van der Waals surface area contributed by atoms with Crippen LogP contribution in [0.4, 0.5) is 5.82 Å². The Morgan fingerprint density at radius 2 is 2.12 bits per heavy atom. The van der Waals surface area contributed by atoms with E-state index in [0.717, 1.165) is 38.6 Å². The van der Waals surface area contributed by atoms with Crippen LogP contribution in [0.2, 0.25) is 0 Å². The molecule has 24 heavy (non-hydrogen) atoms. The van der Waals surface area contributed by atoms with Gasteiger partial charge >= 0.3 is 0 Å². The highest BCUT2D eigenvalue weighted by Gasteiger charge is 2.11. The molecule has 2 N–H and O–H groups in total. The van der Waals surface area contributed by atoms with Crippen LogP contribution in [-0.2, 0) is 11.3 Å². The van der Waals surface area contributed by atoms with E-state index in [1.165, 1.54) is 6.20 Å². The standard InChI is InChI=1S/C16H21N5O3/c22-16(17-3-4-21-5-8-23-9-6-21)14-11-20-15(12-18-14)19-10-13-2-1-7-24-13/h1-2,7,11-12H,3-6,8-10H2,(H,17,22)(H,19,20). The Morgan fingerprint density at radius 1 is 1.25 bits per heavy atom. The minimum Gasteiger partial charge on any atom is -0.467 e. The van der Waals surface area contributed by atoms with Crippen molar-refractivity contribution in [3.8, 4) is 0 Å². The molecule has 0 aromatic carbocycles. The van der Waals surface area contributed by atoms with Crippen molar-refractivity contribution in [2.75, 3.05) is 44.7 Å². The molecule has 0 radical (unpaired) electrons. The monoisotopic (exact) mass is 331 g/mol. The summed E-state index contributed by atoms with van der Waals surface area (Å²) < 4.78 is 10.5. The number of hydrogen-bond acceptors (Lipinski definition) is 7. The molecule has 0 atom stereocenters. The maximum Gasteiger partial charge on any atom is 0.271 e. The van der Waals surface area contributed by atoms with Gasteiger partial charge in [-0.15, -0.1) is 0 Å². The molecule has 3 rings (SSSR count). The van der Waals surface area contributed by atoms with Crippen molar-refractivity contribution in [3.05, 3.63) is 42.2 Å². The van der Waals surface area contributed by atoms with Crippen LogP contribution in [0.15, 0.2) is 35.2 Å². The van der Waals surface area contributed by atoms with Gasteiger partial charge in [0.15, 0.2) is 0 Å². The van der Waals surface area contributed by atoms with Crippen LogP contribution < -0.4 is 10.6 Å². The molecule has 1 aliphatic heterocycles. The summed E-state index contributed by atoms with van der Waals surface area (Å²) in [5.74, 6) is 1.19. The highest BCUT2D eigenvalue weighted by molar-refractivity contribution is 5.91. The van der Waals surface area contributed by atoms with Gasteiger partial charge in [-0.2, -0.15) is 0 Å². The number of carbonyl (C=O) groups excluding carboxylic acids is 1. The summed E-state index contributed by atoms with van der Waals surface area (Å²) >= 11 is 0. The van der Waals surface area contributed by atoms with E-state index >= 15 is 0 Å². The zero-order chi connectivity index (χ0) is 16.6. The van der Waals surface area contributed by atoms with E-state index in [0.29, 0.717) is 24.6 Å². The number of carbonyl (C=O) groups is 1. The third kappa shape index (κ3) is 4.77. The Bertz CT molecular complexity index is 624. The van der Waals surface area contributed by atoms with Gasteiger partial charge in [-0.1, -0.05) is 0 Å². The second-order valence-electron chi connectivity index (χ2n) is 5.43. The number of furan rings is 1. The first kappa shape index (κ1) is 16.4. The molecule has 0 saturated carbocycles. The van der Waals surface area contributed by atoms with Crippen LogP contribution >= 0.6 is 0 Å². The van der Waals surface area contributed by atoms with E-state index in [4.69, 9.17) is 9.15 Å². The number of anilines is 1. The molecule has 1 aliphatic rings. The van der Waals surface area contributed by atoms with Crippen molar-refractivity contribution >= 4 is 11.7 Å². The second-order valence-corrected chi connectivity index (χ2v) is 5.43. The molecule has 0 bridgehead atoms. The van der Waals surface area contributed by atoms with Crippen molar-refractivity contribution in [2.24, 2.45) is 0 Å². The predicted molar refractivity (Wildman–Crippen MR) is 87.7 cm³/mol. The third-order valence-corrected chi connectivity index (χ3v) is 3.73. The normalized spacial score (nSPS) is 15.2. The van der Waals surface area contributed by atoms with Crippen LogP contribution in [0.25, 0.3) is 0 Å². The maximum atomic E-state index is 12.1. The largest absolute Gasteiger partial charge is 0.467 e. The molecule has 3 heterocycles. The summed E-state index contributed by atoms with van der Waals surface area (Å²) in [7, 11) is 0. The molecule has 1 fully saturated rings. The number of nitrogens with one attached hydrogen (secondary N) is 2. The van der Waals surface area contributed by atoms with Gasteiger partial charge in [-0.05, 0) is 12.1 Å². The zero-order valence-corrected chi connectivity index (χ0v) is 13.4. The number of rotatable bonds is 7. The molecule has 128 valence electrons. The van der Waals surface area contributed by atoms with E-state index in [9.17, 15) is 4.79 Å². The summed E-state index contributed by atoms with van der Waals surface area (Å²) in [6.07, 6.45) is 4.63. The Balaban J connectivity index is 1.41. The summed E-state index contributed by atoms with van der Waals surface area (Å²) in [5.41, 5.74) is 0.306. The molecular weight excluding hydrogens is 310 g/mol. The molecule has 1 saturated heterocycles. The second kappa shape index (κ2) is 8.42. The fraction of sp³-hybridized carbons (Fsp3) is 0.438.